The molecule has 0 bridgehead atoms. The molecule has 2 fully saturated rings. The van der Waals surface area contributed by atoms with Crippen LogP contribution in [0.15, 0.2) is 41.5 Å². The molecule has 1 spiro atoms. The standard InChI is InChI=1S/C22H21F3N6O2/c23-22(24,25)14-8-26-20(27-9-14)31-12-21(13-31)10-30(11-21)18(32)7-3-6-17-15-4-1-2-5-16(15)19(33)29-28-17/h1-2,4-5,8-9H,3,6-7,10-13H2,(H,29,33). The molecule has 0 unspecified atom stereocenters. The summed E-state index contributed by atoms with van der Waals surface area (Å²) < 4.78 is 37.9. The van der Waals surface area contributed by atoms with E-state index in [2.05, 4.69) is 20.2 Å². The SMILES string of the molecule is O=C(CCCc1n[nH]c(=O)c2ccccc12)N1CC2(C1)CN(c1ncc(C(F)(F)F)cn1)C2. The lowest BCUT2D eigenvalue weighted by Crippen LogP contribution is -2.73. The normalized spacial score (nSPS) is 17.2. The van der Waals surface area contributed by atoms with Crippen LogP contribution in [0, 0.1) is 5.41 Å². The molecule has 33 heavy (non-hydrogen) atoms. The van der Waals surface area contributed by atoms with Crippen molar-refractivity contribution in [1.29, 1.82) is 0 Å². The van der Waals surface area contributed by atoms with Gasteiger partial charge in [-0.25, -0.2) is 15.1 Å². The van der Waals surface area contributed by atoms with Gasteiger partial charge in [-0.05, 0) is 18.9 Å². The minimum Gasteiger partial charge on any atom is -0.341 e. The Morgan fingerprint density at radius 3 is 2.39 bits per heavy atom. The molecule has 5 rings (SSSR count). The van der Waals surface area contributed by atoms with Gasteiger partial charge in [0.25, 0.3) is 5.56 Å². The number of likely N-dealkylation sites (tertiary alicyclic amines) is 1. The van der Waals surface area contributed by atoms with Gasteiger partial charge in [-0.2, -0.15) is 18.3 Å². The number of aromatic amines is 1. The fourth-order valence-corrected chi connectivity index (χ4v) is 4.60. The first kappa shape index (κ1) is 21.4. The lowest BCUT2D eigenvalue weighted by molar-refractivity contribution is -0.145. The van der Waals surface area contributed by atoms with Crippen LogP contribution in [0.4, 0.5) is 19.1 Å². The fourth-order valence-electron chi connectivity index (χ4n) is 4.60. The van der Waals surface area contributed by atoms with E-state index in [-0.39, 0.29) is 22.8 Å². The molecule has 11 heteroatoms. The summed E-state index contributed by atoms with van der Waals surface area (Å²) in [6.45, 7) is 2.50. The van der Waals surface area contributed by atoms with E-state index in [1.165, 1.54) is 0 Å². The lowest BCUT2D eigenvalue weighted by atomic mass is 9.73. The molecule has 0 atom stereocenters. The van der Waals surface area contributed by atoms with E-state index in [1.54, 1.807) is 12.1 Å². The monoisotopic (exact) mass is 458 g/mol. The van der Waals surface area contributed by atoms with Crippen molar-refractivity contribution in [2.24, 2.45) is 5.41 Å². The highest BCUT2D eigenvalue weighted by molar-refractivity contribution is 5.83. The largest absolute Gasteiger partial charge is 0.419 e. The second kappa shape index (κ2) is 7.82. The number of aromatic nitrogens is 4. The number of anilines is 1. The zero-order chi connectivity index (χ0) is 23.2. The Hall–Kier alpha value is -3.50. The highest BCUT2D eigenvalue weighted by atomic mass is 19.4. The Bertz CT molecular complexity index is 1240. The number of hydrogen-bond acceptors (Lipinski definition) is 6. The van der Waals surface area contributed by atoms with Crippen LogP contribution < -0.4 is 10.5 Å². The number of aryl methyl sites for hydroxylation is 1. The van der Waals surface area contributed by atoms with Gasteiger partial charge in [0, 0.05) is 55.8 Å². The van der Waals surface area contributed by atoms with Crippen molar-refractivity contribution in [3.05, 3.63) is 58.3 Å². The number of amides is 1. The predicted molar refractivity (Wildman–Crippen MR) is 114 cm³/mol. The Morgan fingerprint density at radius 1 is 1.06 bits per heavy atom. The maximum Gasteiger partial charge on any atom is 0.419 e. The van der Waals surface area contributed by atoms with Crippen molar-refractivity contribution in [3.8, 4) is 0 Å². The number of hydrogen-bond donors (Lipinski definition) is 1. The van der Waals surface area contributed by atoms with Crippen LogP contribution in [0.1, 0.15) is 24.1 Å². The van der Waals surface area contributed by atoms with Gasteiger partial charge in [-0.1, -0.05) is 18.2 Å². The zero-order valence-electron chi connectivity index (χ0n) is 17.6. The van der Waals surface area contributed by atoms with Crippen LogP contribution in [0.2, 0.25) is 0 Å². The molecular formula is C22H21F3N6O2. The number of rotatable bonds is 5. The third-order valence-corrected chi connectivity index (χ3v) is 6.29. The number of halogens is 3. The minimum atomic E-state index is -4.45. The van der Waals surface area contributed by atoms with E-state index in [1.807, 2.05) is 21.9 Å². The summed E-state index contributed by atoms with van der Waals surface area (Å²) in [5.41, 5.74) is -0.359. The molecule has 0 aliphatic carbocycles. The van der Waals surface area contributed by atoms with Gasteiger partial charge in [0.05, 0.1) is 16.6 Å². The smallest absolute Gasteiger partial charge is 0.341 e. The van der Waals surface area contributed by atoms with Gasteiger partial charge in [-0.15, -0.1) is 0 Å². The van der Waals surface area contributed by atoms with E-state index in [4.69, 9.17) is 0 Å². The number of alkyl halides is 3. The third kappa shape index (κ3) is 4.03. The molecule has 172 valence electrons. The molecule has 2 aliphatic heterocycles. The number of fused-ring (bicyclic) bond motifs is 1. The second-order valence-electron chi connectivity index (χ2n) is 8.77. The first-order valence-corrected chi connectivity index (χ1v) is 10.6. The summed E-state index contributed by atoms with van der Waals surface area (Å²) in [6, 6.07) is 7.27. The number of H-pyrrole nitrogens is 1. The maximum absolute atomic E-state index is 12.6. The maximum atomic E-state index is 12.6. The summed E-state index contributed by atoms with van der Waals surface area (Å²) in [5, 5.41) is 8.04. The topological polar surface area (TPSA) is 95.1 Å². The van der Waals surface area contributed by atoms with Crippen LogP contribution in [0.25, 0.3) is 10.8 Å². The Labute approximate surface area is 186 Å². The predicted octanol–water partition coefficient (Wildman–Crippen LogP) is 2.40. The number of carbonyl (C=O) groups excluding carboxylic acids is 1. The second-order valence-corrected chi connectivity index (χ2v) is 8.77. The zero-order valence-corrected chi connectivity index (χ0v) is 17.6. The van der Waals surface area contributed by atoms with Crippen LogP contribution in [0.5, 0.6) is 0 Å². The van der Waals surface area contributed by atoms with Crippen molar-refractivity contribution < 1.29 is 18.0 Å². The number of nitrogens with one attached hydrogen (secondary N) is 1. The Balaban J connectivity index is 1.09. The molecule has 0 saturated carbocycles. The highest BCUT2D eigenvalue weighted by Gasteiger charge is 2.53. The Kier molecular flexibility index (Phi) is 5.06. The van der Waals surface area contributed by atoms with E-state index in [0.717, 1.165) is 23.5 Å². The first-order chi connectivity index (χ1) is 15.7. The van der Waals surface area contributed by atoms with E-state index >= 15 is 0 Å². The van der Waals surface area contributed by atoms with Gasteiger partial charge < -0.3 is 9.80 Å². The molecular weight excluding hydrogens is 437 g/mol. The Morgan fingerprint density at radius 2 is 1.73 bits per heavy atom. The van der Waals surface area contributed by atoms with Gasteiger partial charge in [0.15, 0.2) is 0 Å². The van der Waals surface area contributed by atoms with Gasteiger partial charge >= 0.3 is 6.18 Å². The molecule has 2 aromatic heterocycles. The van der Waals surface area contributed by atoms with Crippen LogP contribution in [-0.4, -0.2) is 57.2 Å². The van der Waals surface area contributed by atoms with E-state index in [0.29, 0.717) is 50.8 Å². The highest BCUT2D eigenvalue weighted by Crippen LogP contribution is 2.41. The summed E-state index contributed by atoms with van der Waals surface area (Å²) in [6.07, 6.45) is -1.27. The summed E-state index contributed by atoms with van der Waals surface area (Å²) in [4.78, 5) is 35.7. The van der Waals surface area contributed by atoms with Gasteiger partial charge in [0.2, 0.25) is 11.9 Å². The minimum absolute atomic E-state index is 0.0294. The van der Waals surface area contributed by atoms with E-state index in [9.17, 15) is 22.8 Å². The van der Waals surface area contributed by atoms with Crippen molar-refractivity contribution in [1.82, 2.24) is 25.1 Å². The van der Waals surface area contributed by atoms with Crippen molar-refractivity contribution in [2.75, 3.05) is 31.1 Å². The van der Waals surface area contributed by atoms with E-state index < -0.39 is 11.7 Å². The summed E-state index contributed by atoms with van der Waals surface area (Å²) in [5.74, 6) is 0.345. The van der Waals surface area contributed by atoms with Crippen molar-refractivity contribution in [3.63, 3.8) is 0 Å². The molecule has 4 heterocycles. The number of benzene rings is 1. The average Bonchev–Trinajstić information content (AvgIpc) is 2.73. The molecule has 3 aromatic rings. The van der Waals surface area contributed by atoms with Gasteiger partial charge in [0.1, 0.15) is 0 Å². The molecule has 2 aliphatic rings. The van der Waals surface area contributed by atoms with Crippen molar-refractivity contribution >= 4 is 22.6 Å². The molecule has 1 aromatic carbocycles. The van der Waals surface area contributed by atoms with Crippen molar-refractivity contribution in [2.45, 2.75) is 25.4 Å². The number of carbonyl (C=O) groups is 1. The van der Waals surface area contributed by atoms with Crippen LogP contribution in [0.3, 0.4) is 0 Å². The lowest BCUT2D eigenvalue weighted by Gasteiger charge is -2.60. The van der Waals surface area contributed by atoms with Crippen LogP contribution in [-0.2, 0) is 17.4 Å². The third-order valence-electron chi connectivity index (χ3n) is 6.29. The molecule has 1 N–H and O–H groups in total. The average molecular weight is 458 g/mol. The summed E-state index contributed by atoms with van der Waals surface area (Å²) in [7, 11) is 0. The van der Waals surface area contributed by atoms with Gasteiger partial charge in [-0.3, -0.25) is 9.59 Å². The van der Waals surface area contributed by atoms with Crippen LogP contribution >= 0.6 is 0 Å². The molecule has 1 amide bonds. The molecule has 2 saturated heterocycles. The number of nitrogens with zero attached hydrogens (tertiary/aromatic N) is 5. The first-order valence-electron chi connectivity index (χ1n) is 10.6. The quantitative estimate of drug-likeness (QED) is 0.631. The summed E-state index contributed by atoms with van der Waals surface area (Å²) >= 11 is 0. The molecule has 8 nitrogen and oxygen atoms in total. The fraction of sp³-hybridized carbons (Fsp3) is 0.409. The molecule has 0 radical (unpaired) electrons.